The molecule has 0 spiro atoms. The Hall–Kier alpha value is -2.03. The van der Waals surface area contributed by atoms with Crippen molar-refractivity contribution >= 4 is 11.6 Å². The van der Waals surface area contributed by atoms with Crippen LogP contribution in [0.2, 0.25) is 0 Å². The fraction of sp³-hybridized carbons (Fsp3) is 0.312. The van der Waals surface area contributed by atoms with Crippen LogP contribution < -0.4 is 4.90 Å². The van der Waals surface area contributed by atoms with Gasteiger partial charge in [-0.15, -0.1) is 0 Å². The molecule has 1 aliphatic rings. The van der Waals surface area contributed by atoms with E-state index in [0.717, 1.165) is 22.5 Å². The van der Waals surface area contributed by atoms with Crippen LogP contribution in [-0.4, -0.2) is 17.9 Å². The van der Waals surface area contributed by atoms with Crippen LogP contribution in [0.1, 0.15) is 25.0 Å². The molecule has 2 rings (SSSR count). The summed E-state index contributed by atoms with van der Waals surface area (Å²) in [6, 6.07) is 6.08. The standard InChI is InChI=1S/C16H20N2O/c1-10-7-8-15(11(2)9-10)18-14(5)17(6)13(4)12(3)16(18)19/h7-9H,5H2,1-4,6H3. The normalized spacial score (nSPS) is 16.5. The zero-order valence-corrected chi connectivity index (χ0v) is 12.2. The molecule has 1 aromatic rings. The van der Waals surface area contributed by atoms with Gasteiger partial charge in [-0.05, 0) is 39.3 Å². The first-order chi connectivity index (χ1) is 8.84. The van der Waals surface area contributed by atoms with Crippen molar-refractivity contribution in [3.63, 3.8) is 0 Å². The molecular formula is C16H20N2O. The van der Waals surface area contributed by atoms with Crippen LogP contribution in [0.5, 0.6) is 0 Å². The van der Waals surface area contributed by atoms with Crippen molar-refractivity contribution in [2.45, 2.75) is 27.7 Å². The van der Waals surface area contributed by atoms with Gasteiger partial charge in [-0.1, -0.05) is 24.3 Å². The Morgan fingerprint density at radius 2 is 1.74 bits per heavy atom. The number of aryl methyl sites for hydroxylation is 2. The minimum atomic E-state index is 0.00699. The lowest BCUT2D eigenvalue weighted by Gasteiger charge is -2.38. The number of hydrogen-bond acceptors (Lipinski definition) is 2. The first-order valence-electron chi connectivity index (χ1n) is 6.36. The van der Waals surface area contributed by atoms with Crippen LogP contribution in [0.4, 0.5) is 5.69 Å². The summed E-state index contributed by atoms with van der Waals surface area (Å²) in [6.45, 7) is 11.9. The van der Waals surface area contributed by atoms with Gasteiger partial charge in [0.15, 0.2) is 0 Å². The first kappa shape index (κ1) is 13.4. The number of nitrogens with zero attached hydrogens (tertiary/aromatic N) is 2. The molecule has 3 heteroatoms. The quantitative estimate of drug-likeness (QED) is 0.769. The molecule has 19 heavy (non-hydrogen) atoms. The van der Waals surface area contributed by atoms with Gasteiger partial charge in [0.25, 0.3) is 5.91 Å². The Labute approximate surface area is 114 Å². The summed E-state index contributed by atoms with van der Waals surface area (Å²) in [5.41, 5.74) is 4.88. The fourth-order valence-corrected chi connectivity index (χ4v) is 2.34. The highest BCUT2D eigenvalue weighted by Crippen LogP contribution is 2.32. The monoisotopic (exact) mass is 256 g/mol. The van der Waals surface area contributed by atoms with E-state index in [1.54, 1.807) is 4.90 Å². The first-order valence-corrected chi connectivity index (χ1v) is 6.36. The molecule has 0 saturated carbocycles. The van der Waals surface area contributed by atoms with E-state index in [9.17, 15) is 4.79 Å². The van der Waals surface area contributed by atoms with Crippen LogP contribution in [0, 0.1) is 13.8 Å². The summed E-state index contributed by atoms with van der Waals surface area (Å²) in [6.07, 6.45) is 0. The Balaban J connectivity index is 2.56. The Bertz CT molecular complexity index is 599. The van der Waals surface area contributed by atoms with E-state index in [1.165, 1.54) is 5.56 Å². The van der Waals surface area contributed by atoms with E-state index in [0.29, 0.717) is 5.82 Å². The fourth-order valence-electron chi connectivity index (χ4n) is 2.34. The van der Waals surface area contributed by atoms with E-state index in [2.05, 4.69) is 12.6 Å². The van der Waals surface area contributed by atoms with Gasteiger partial charge in [0.1, 0.15) is 5.82 Å². The van der Waals surface area contributed by atoms with Gasteiger partial charge in [0.05, 0.1) is 5.69 Å². The molecule has 0 fully saturated rings. The highest BCUT2D eigenvalue weighted by atomic mass is 16.2. The van der Waals surface area contributed by atoms with Crippen LogP contribution in [0.3, 0.4) is 0 Å². The van der Waals surface area contributed by atoms with Gasteiger partial charge in [-0.2, -0.15) is 0 Å². The SMILES string of the molecule is C=C1N(C)C(C)=C(C)C(=O)N1c1ccc(C)cc1C. The molecule has 1 aliphatic heterocycles. The summed E-state index contributed by atoms with van der Waals surface area (Å²) in [4.78, 5) is 16.2. The van der Waals surface area contributed by atoms with Gasteiger partial charge in [0, 0.05) is 18.3 Å². The van der Waals surface area contributed by atoms with Crippen molar-refractivity contribution < 1.29 is 4.79 Å². The summed E-state index contributed by atoms with van der Waals surface area (Å²) in [5, 5.41) is 0. The lowest BCUT2D eigenvalue weighted by molar-refractivity contribution is -0.115. The Kier molecular flexibility index (Phi) is 3.23. The molecule has 0 aromatic heterocycles. The molecule has 0 bridgehead atoms. The maximum Gasteiger partial charge on any atom is 0.261 e. The predicted octanol–water partition coefficient (Wildman–Crippen LogP) is 3.35. The van der Waals surface area contributed by atoms with Crippen molar-refractivity contribution in [1.82, 2.24) is 4.90 Å². The maximum atomic E-state index is 12.5. The number of hydrogen-bond donors (Lipinski definition) is 0. The lowest BCUT2D eigenvalue weighted by Crippen LogP contribution is -2.42. The highest BCUT2D eigenvalue weighted by Gasteiger charge is 2.30. The van der Waals surface area contributed by atoms with E-state index in [4.69, 9.17) is 0 Å². The number of anilines is 1. The molecule has 0 saturated heterocycles. The van der Waals surface area contributed by atoms with E-state index in [1.807, 2.05) is 51.8 Å². The summed E-state index contributed by atoms with van der Waals surface area (Å²) < 4.78 is 0. The van der Waals surface area contributed by atoms with Gasteiger partial charge in [-0.3, -0.25) is 9.69 Å². The maximum absolute atomic E-state index is 12.5. The molecule has 1 heterocycles. The van der Waals surface area contributed by atoms with Crippen molar-refractivity contribution in [2.24, 2.45) is 0 Å². The number of benzene rings is 1. The second kappa shape index (κ2) is 4.57. The predicted molar refractivity (Wildman–Crippen MR) is 78.7 cm³/mol. The molecule has 3 nitrogen and oxygen atoms in total. The Morgan fingerprint density at radius 3 is 2.32 bits per heavy atom. The van der Waals surface area contributed by atoms with E-state index < -0.39 is 0 Å². The van der Waals surface area contributed by atoms with Crippen molar-refractivity contribution in [1.29, 1.82) is 0 Å². The molecular weight excluding hydrogens is 236 g/mol. The van der Waals surface area contributed by atoms with Gasteiger partial charge in [-0.25, -0.2) is 0 Å². The summed E-state index contributed by atoms with van der Waals surface area (Å²) in [7, 11) is 1.93. The number of allylic oxidation sites excluding steroid dienone is 1. The molecule has 0 radical (unpaired) electrons. The van der Waals surface area contributed by atoms with Crippen molar-refractivity contribution in [3.05, 3.63) is 53.0 Å². The molecule has 0 aliphatic carbocycles. The third kappa shape index (κ3) is 2.05. The average Bonchev–Trinajstić information content (AvgIpc) is 2.37. The molecule has 1 aromatic carbocycles. The lowest BCUT2D eigenvalue weighted by atomic mass is 10.1. The molecule has 100 valence electrons. The number of rotatable bonds is 1. The third-order valence-corrected chi connectivity index (χ3v) is 3.81. The number of amides is 1. The van der Waals surface area contributed by atoms with E-state index in [-0.39, 0.29) is 5.91 Å². The van der Waals surface area contributed by atoms with Crippen molar-refractivity contribution in [3.8, 4) is 0 Å². The summed E-state index contributed by atoms with van der Waals surface area (Å²) >= 11 is 0. The number of carbonyl (C=O) groups is 1. The van der Waals surface area contributed by atoms with Gasteiger partial charge in [0.2, 0.25) is 0 Å². The average molecular weight is 256 g/mol. The molecule has 0 N–H and O–H groups in total. The molecule has 0 atom stereocenters. The minimum absolute atomic E-state index is 0.00699. The zero-order chi connectivity index (χ0) is 14.3. The number of carbonyl (C=O) groups excluding carboxylic acids is 1. The second-order valence-electron chi connectivity index (χ2n) is 5.12. The Morgan fingerprint density at radius 1 is 1.11 bits per heavy atom. The zero-order valence-electron chi connectivity index (χ0n) is 12.2. The topological polar surface area (TPSA) is 23.6 Å². The van der Waals surface area contributed by atoms with Crippen LogP contribution >= 0.6 is 0 Å². The highest BCUT2D eigenvalue weighted by molar-refractivity contribution is 6.09. The smallest absolute Gasteiger partial charge is 0.261 e. The van der Waals surface area contributed by atoms with E-state index >= 15 is 0 Å². The molecule has 1 amide bonds. The third-order valence-electron chi connectivity index (χ3n) is 3.81. The second-order valence-corrected chi connectivity index (χ2v) is 5.12. The molecule has 0 unspecified atom stereocenters. The van der Waals surface area contributed by atoms with Crippen molar-refractivity contribution in [2.75, 3.05) is 11.9 Å². The van der Waals surface area contributed by atoms with Gasteiger partial charge >= 0.3 is 0 Å². The van der Waals surface area contributed by atoms with Crippen LogP contribution in [-0.2, 0) is 4.79 Å². The van der Waals surface area contributed by atoms with Crippen LogP contribution in [0.15, 0.2) is 41.9 Å². The van der Waals surface area contributed by atoms with Crippen LogP contribution in [0.25, 0.3) is 0 Å². The largest absolute Gasteiger partial charge is 0.335 e. The minimum Gasteiger partial charge on any atom is -0.335 e. The van der Waals surface area contributed by atoms with Gasteiger partial charge < -0.3 is 4.90 Å². The summed E-state index contributed by atoms with van der Waals surface area (Å²) in [5.74, 6) is 0.701.